The number of amides is 1. The van der Waals surface area contributed by atoms with Crippen molar-refractivity contribution >= 4 is 23.2 Å². The summed E-state index contributed by atoms with van der Waals surface area (Å²) in [5.74, 6) is -0.0458. The van der Waals surface area contributed by atoms with Crippen molar-refractivity contribution in [1.29, 1.82) is 0 Å². The third-order valence-corrected chi connectivity index (χ3v) is 3.67. The predicted octanol–water partition coefficient (Wildman–Crippen LogP) is 3.77. The van der Waals surface area contributed by atoms with Crippen LogP contribution < -0.4 is 10.6 Å². The zero-order valence-electron chi connectivity index (χ0n) is 12.2. The molecule has 0 fully saturated rings. The summed E-state index contributed by atoms with van der Waals surface area (Å²) in [6, 6.07) is 15.2. The molecular formula is C17H19ClN2O. The number of anilines is 1. The van der Waals surface area contributed by atoms with E-state index in [9.17, 15) is 4.79 Å². The Morgan fingerprint density at radius 3 is 2.57 bits per heavy atom. The van der Waals surface area contributed by atoms with Gasteiger partial charge in [0.1, 0.15) is 6.04 Å². The zero-order chi connectivity index (χ0) is 15.2. The Kier molecular flexibility index (Phi) is 5.23. The van der Waals surface area contributed by atoms with Crippen LogP contribution in [-0.4, -0.2) is 11.9 Å². The molecule has 0 aliphatic carbocycles. The second kappa shape index (κ2) is 7.14. The fraction of sp³-hybridized carbons (Fsp3) is 0.235. The maximum absolute atomic E-state index is 12.1. The minimum atomic E-state index is -0.326. The van der Waals surface area contributed by atoms with Crippen LogP contribution in [0.15, 0.2) is 48.5 Å². The normalized spacial score (nSPS) is 11.8. The summed E-state index contributed by atoms with van der Waals surface area (Å²) in [4.78, 5) is 12.1. The predicted molar refractivity (Wildman–Crippen MR) is 87.6 cm³/mol. The minimum absolute atomic E-state index is 0.0458. The summed E-state index contributed by atoms with van der Waals surface area (Å²) in [7, 11) is 0. The molecule has 2 aromatic carbocycles. The van der Waals surface area contributed by atoms with E-state index in [0.29, 0.717) is 11.6 Å². The fourth-order valence-corrected chi connectivity index (χ4v) is 2.12. The van der Waals surface area contributed by atoms with Crippen LogP contribution in [0.4, 0.5) is 5.69 Å². The van der Waals surface area contributed by atoms with Gasteiger partial charge in [-0.05, 0) is 37.1 Å². The molecule has 21 heavy (non-hydrogen) atoms. The average Bonchev–Trinajstić information content (AvgIpc) is 2.49. The molecule has 1 atom stereocenters. The van der Waals surface area contributed by atoms with Gasteiger partial charge in [-0.15, -0.1) is 0 Å². The monoisotopic (exact) mass is 302 g/mol. The molecule has 0 radical (unpaired) electrons. The van der Waals surface area contributed by atoms with E-state index in [2.05, 4.69) is 10.6 Å². The second-order valence-electron chi connectivity index (χ2n) is 5.03. The summed E-state index contributed by atoms with van der Waals surface area (Å²) in [5.41, 5.74) is 2.94. The molecule has 110 valence electrons. The molecule has 2 N–H and O–H groups in total. The molecular weight excluding hydrogens is 284 g/mol. The smallest absolute Gasteiger partial charge is 0.242 e. The number of halogens is 1. The first-order chi connectivity index (χ1) is 10.1. The van der Waals surface area contributed by atoms with Crippen LogP contribution in [0.2, 0.25) is 5.02 Å². The topological polar surface area (TPSA) is 41.1 Å². The fourth-order valence-electron chi connectivity index (χ4n) is 1.94. The molecule has 0 spiro atoms. The average molecular weight is 303 g/mol. The molecule has 0 heterocycles. The SMILES string of the molecule is Cc1ccc(N[C@@H](C)C(=O)NCc2ccccc2)cc1Cl. The number of carbonyl (C=O) groups is 1. The maximum atomic E-state index is 12.1. The summed E-state index contributed by atoms with van der Waals surface area (Å²) in [6.07, 6.45) is 0. The molecule has 0 unspecified atom stereocenters. The quantitative estimate of drug-likeness (QED) is 0.883. The number of nitrogens with one attached hydrogen (secondary N) is 2. The Labute approximate surface area is 130 Å². The first-order valence-electron chi connectivity index (χ1n) is 6.90. The van der Waals surface area contributed by atoms with Crippen molar-refractivity contribution < 1.29 is 4.79 Å². The highest BCUT2D eigenvalue weighted by molar-refractivity contribution is 6.31. The first kappa shape index (κ1) is 15.4. The second-order valence-corrected chi connectivity index (χ2v) is 5.44. The van der Waals surface area contributed by atoms with Gasteiger partial charge in [-0.1, -0.05) is 48.0 Å². The van der Waals surface area contributed by atoms with E-state index >= 15 is 0 Å². The molecule has 0 aliphatic heterocycles. The van der Waals surface area contributed by atoms with Crippen LogP contribution in [0.5, 0.6) is 0 Å². The molecule has 0 aromatic heterocycles. The van der Waals surface area contributed by atoms with E-state index in [0.717, 1.165) is 16.8 Å². The van der Waals surface area contributed by atoms with E-state index in [4.69, 9.17) is 11.6 Å². The molecule has 0 saturated carbocycles. The van der Waals surface area contributed by atoms with Crippen molar-refractivity contribution in [1.82, 2.24) is 5.32 Å². The lowest BCUT2D eigenvalue weighted by Gasteiger charge is -2.16. The standard InChI is InChI=1S/C17H19ClN2O/c1-12-8-9-15(10-16(12)18)20-13(2)17(21)19-11-14-6-4-3-5-7-14/h3-10,13,20H,11H2,1-2H3,(H,19,21)/t13-/m0/s1. The van der Waals surface area contributed by atoms with Gasteiger partial charge in [0, 0.05) is 17.3 Å². The van der Waals surface area contributed by atoms with Gasteiger partial charge in [0.25, 0.3) is 0 Å². The summed E-state index contributed by atoms with van der Waals surface area (Å²) in [6.45, 7) is 4.30. The Balaban J connectivity index is 1.88. The lowest BCUT2D eigenvalue weighted by atomic mass is 10.2. The number of carbonyl (C=O) groups excluding carboxylic acids is 1. The highest BCUT2D eigenvalue weighted by Gasteiger charge is 2.12. The third-order valence-electron chi connectivity index (χ3n) is 3.26. The van der Waals surface area contributed by atoms with E-state index in [-0.39, 0.29) is 11.9 Å². The van der Waals surface area contributed by atoms with E-state index in [1.807, 2.05) is 62.4 Å². The van der Waals surface area contributed by atoms with Crippen LogP contribution in [-0.2, 0) is 11.3 Å². The van der Waals surface area contributed by atoms with E-state index in [1.165, 1.54) is 0 Å². The van der Waals surface area contributed by atoms with E-state index in [1.54, 1.807) is 0 Å². The number of rotatable bonds is 5. The lowest BCUT2D eigenvalue weighted by Crippen LogP contribution is -2.37. The van der Waals surface area contributed by atoms with Gasteiger partial charge in [-0.25, -0.2) is 0 Å². The van der Waals surface area contributed by atoms with Crippen molar-refractivity contribution in [2.24, 2.45) is 0 Å². The summed E-state index contributed by atoms with van der Waals surface area (Å²) < 4.78 is 0. The zero-order valence-corrected chi connectivity index (χ0v) is 12.9. The molecule has 4 heteroatoms. The minimum Gasteiger partial charge on any atom is -0.374 e. The number of aryl methyl sites for hydroxylation is 1. The third kappa shape index (κ3) is 4.50. The largest absolute Gasteiger partial charge is 0.374 e. The molecule has 1 amide bonds. The van der Waals surface area contributed by atoms with Crippen molar-refractivity contribution in [3.05, 3.63) is 64.7 Å². The van der Waals surface area contributed by atoms with Gasteiger partial charge >= 0.3 is 0 Å². The van der Waals surface area contributed by atoms with Gasteiger partial charge in [-0.3, -0.25) is 4.79 Å². The first-order valence-corrected chi connectivity index (χ1v) is 7.28. The van der Waals surface area contributed by atoms with Gasteiger partial charge in [0.15, 0.2) is 0 Å². The Morgan fingerprint density at radius 1 is 1.19 bits per heavy atom. The maximum Gasteiger partial charge on any atom is 0.242 e. The molecule has 3 nitrogen and oxygen atoms in total. The van der Waals surface area contributed by atoms with Crippen LogP contribution in [0.3, 0.4) is 0 Å². The molecule has 2 aromatic rings. The summed E-state index contributed by atoms with van der Waals surface area (Å²) in [5, 5.41) is 6.75. The van der Waals surface area contributed by atoms with Crippen molar-refractivity contribution in [3.63, 3.8) is 0 Å². The van der Waals surface area contributed by atoms with Crippen LogP contribution in [0.1, 0.15) is 18.1 Å². The van der Waals surface area contributed by atoms with Crippen LogP contribution in [0, 0.1) is 6.92 Å². The molecule has 2 rings (SSSR count). The molecule has 0 bridgehead atoms. The summed E-state index contributed by atoms with van der Waals surface area (Å²) >= 11 is 6.08. The van der Waals surface area contributed by atoms with Gasteiger partial charge in [0.05, 0.1) is 0 Å². The highest BCUT2D eigenvalue weighted by atomic mass is 35.5. The van der Waals surface area contributed by atoms with Gasteiger partial charge in [0.2, 0.25) is 5.91 Å². The van der Waals surface area contributed by atoms with Crippen LogP contribution >= 0.6 is 11.6 Å². The number of hydrogen-bond acceptors (Lipinski definition) is 2. The van der Waals surface area contributed by atoms with Gasteiger partial charge in [-0.2, -0.15) is 0 Å². The number of hydrogen-bond donors (Lipinski definition) is 2. The number of benzene rings is 2. The Bertz CT molecular complexity index is 613. The van der Waals surface area contributed by atoms with Crippen molar-refractivity contribution in [2.45, 2.75) is 26.4 Å². The molecule has 0 aliphatic rings. The highest BCUT2D eigenvalue weighted by Crippen LogP contribution is 2.20. The van der Waals surface area contributed by atoms with E-state index < -0.39 is 0 Å². The van der Waals surface area contributed by atoms with Gasteiger partial charge < -0.3 is 10.6 Å². The van der Waals surface area contributed by atoms with Crippen LogP contribution in [0.25, 0.3) is 0 Å². The lowest BCUT2D eigenvalue weighted by molar-refractivity contribution is -0.121. The molecule has 0 saturated heterocycles. The van der Waals surface area contributed by atoms with Crippen molar-refractivity contribution in [3.8, 4) is 0 Å². The Morgan fingerprint density at radius 2 is 1.90 bits per heavy atom. The Hall–Kier alpha value is -2.00. The van der Waals surface area contributed by atoms with Crippen molar-refractivity contribution in [2.75, 3.05) is 5.32 Å².